The van der Waals surface area contributed by atoms with Crippen molar-refractivity contribution >= 4 is 6.21 Å². The van der Waals surface area contributed by atoms with E-state index in [9.17, 15) is 0 Å². The molecule has 1 aromatic rings. The molecule has 4 heteroatoms. The zero-order valence-electron chi connectivity index (χ0n) is 10.8. The van der Waals surface area contributed by atoms with Gasteiger partial charge in [-0.15, -0.1) is 0 Å². The summed E-state index contributed by atoms with van der Waals surface area (Å²) >= 11 is 0. The Bertz CT molecular complexity index is 389. The molecule has 0 saturated carbocycles. The average Bonchev–Trinajstić information content (AvgIpc) is 2.31. The fourth-order valence-electron chi connectivity index (χ4n) is 1.56. The van der Waals surface area contributed by atoms with E-state index in [2.05, 4.69) is 31.0 Å². The molecule has 0 bridgehead atoms. The summed E-state index contributed by atoms with van der Waals surface area (Å²) in [6.07, 6.45) is 1.44. The smallest absolute Gasteiger partial charge is 0.124 e. The van der Waals surface area contributed by atoms with Crippen LogP contribution in [0, 0.1) is 0 Å². The third-order valence-corrected chi connectivity index (χ3v) is 2.88. The minimum Gasteiger partial charge on any atom is -0.496 e. The van der Waals surface area contributed by atoms with Gasteiger partial charge in [-0.3, -0.25) is 4.90 Å². The SMILES string of the molecule is COc1cccc(C=NO)c1CN(C)C(C)C. The Morgan fingerprint density at radius 2 is 2.18 bits per heavy atom. The van der Waals surface area contributed by atoms with Crippen molar-refractivity contribution in [2.24, 2.45) is 5.16 Å². The molecule has 0 aliphatic rings. The molecule has 0 fully saturated rings. The molecule has 0 heterocycles. The van der Waals surface area contributed by atoms with E-state index in [0.29, 0.717) is 6.04 Å². The average molecular weight is 236 g/mol. The molecule has 0 atom stereocenters. The zero-order chi connectivity index (χ0) is 12.8. The van der Waals surface area contributed by atoms with Gasteiger partial charge in [-0.1, -0.05) is 17.3 Å². The van der Waals surface area contributed by atoms with Crippen LogP contribution in [0.2, 0.25) is 0 Å². The minimum atomic E-state index is 0.443. The lowest BCUT2D eigenvalue weighted by Gasteiger charge is -2.23. The second-order valence-corrected chi connectivity index (χ2v) is 4.28. The highest BCUT2D eigenvalue weighted by Crippen LogP contribution is 2.23. The topological polar surface area (TPSA) is 45.1 Å². The van der Waals surface area contributed by atoms with Gasteiger partial charge in [0, 0.05) is 23.7 Å². The Kier molecular flexibility index (Phi) is 4.97. The first kappa shape index (κ1) is 13.5. The summed E-state index contributed by atoms with van der Waals surface area (Å²) < 4.78 is 5.34. The first-order chi connectivity index (χ1) is 8.10. The quantitative estimate of drug-likeness (QED) is 0.485. The first-order valence-electron chi connectivity index (χ1n) is 5.63. The number of ether oxygens (including phenoxy) is 1. The van der Waals surface area contributed by atoms with Gasteiger partial charge >= 0.3 is 0 Å². The summed E-state index contributed by atoms with van der Waals surface area (Å²) in [4.78, 5) is 2.20. The summed E-state index contributed by atoms with van der Waals surface area (Å²) in [5.41, 5.74) is 1.91. The van der Waals surface area contributed by atoms with Crippen LogP contribution in [0.15, 0.2) is 23.4 Å². The molecule has 1 rings (SSSR count). The van der Waals surface area contributed by atoms with Crippen molar-refractivity contribution in [2.75, 3.05) is 14.2 Å². The molecule has 0 spiro atoms. The van der Waals surface area contributed by atoms with Crippen molar-refractivity contribution in [1.29, 1.82) is 0 Å². The van der Waals surface area contributed by atoms with Crippen LogP contribution in [0.25, 0.3) is 0 Å². The predicted molar refractivity (Wildman–Crippen MR) is 69.0 cm³/mol. The van der Waals surface area contributed by atoms with Gasteiger partial charge in [-0.25, -0.2) is 0 Å². The molecule has 4 nitrogen and oxygen atoms in total. The fraction of sp³-hybridized carbons (Fsp3) is 0.462. The van der Waals surface area contributed by atoms with E-state index in [1.165, 1.54) is 6.21 Å². The number of rotatable bonds is 5. The largest absolute Gasteiger partial charge is 0.496 e. The van der Waals surface area contributed by atoms with E-state index in [-0.39, 0.29) is 0 Å². The molecule has 17 heavy (non-hydrogen) atoms. The van der Waals surface area contributed by atoms with Crippen molar-refractivity contribution < 1.29 is 9.94 Å². The lowest BCUT2D eigenvalue weighted by Crippen LogP contribution is -2.26. The normalized spacial score (nSPS) is 11.6. The number of nitrogens with zero attached hydrogens (tertiary/aromatic N) is 2. The fourth-order valence-corrected chi connectivity index (χ4v) is 1.56. The van der Waals surface area contributed by atoms with Gasteiger partial charge in [-0.05, 0) is 27.0 Å². The molecule has 0 aromatic heterocycles. The maximum atomic E-state index is 8.67. The standard InChI is InChI=1S/C13H20N2O2/c1-10(2)15(3)9-12-11(8-14-16)6-5-7-13(12)17-4/h5-8,10,16H,9H2,1-4H3. The van der Waals surface area contributed by atoms with E-state index in [4.69, 9.17) is 9.94 Å². The van der Waals surface area contributed by atoms with Gasteiger partial charge in [0.05, 0.1) is 13.3 Å². The van der Waals surface area contributed by atoms with Crippen LogP contribution in [0.1, 0.15) is 25.0 Å². The predicted octanol–water partition coefficient (Wildman–Crippen LogP) is 2.34. The molecule has 0 radical (unpaired) electrons. The lowest BCUT2D eigenvalue weighted by molar-refractivity contribution is 0.261. The molecule has 0 saturated heterocycles. The Morgan fingerprint density at radius 1 is 1.47 bits per heavy atom. The highest BCUT2D eigenvalue weighted by molar-refractivity contribution is 5.82. The number of benzene rings is 1. The van der Waals surface area contributed by atoms with Crippen LogP contribution in [0.4, 0.5) is 0 Å². The van der Waals surface area contributed by atoms with Gasteiger partial charge in [0.2, 0.25) is 0 Å². The monoisotopic (exact) mass is 236 g/mol. The van der Waals surface area contributed by atoms with Crippen molar-refractivity contribution in [3.05, 3.63) is 29.3 Å². The Hall–Kier alpha value is -1.55. The third-order valence-electron chi connectivity index (χ3n) is 2.88. The van der Waals surface area contributed by atoms with Crippen molar-refractivity contribution in [3.63, 3.8) is 0 Å². The van der Waals surface area contributed by atoms with E-state index in [0.717, 1.165) is 23.4 Å². The van der Waals surface area contributed by atoms with Crippen LogP contribution in [-0.4, -0.2) is 36.5 Å². The van der Waals surface area contributed by atoms with Gasteiger partial charge in [-0.2, -0.15) is 0 Å². The minimum absolute atomic E-state index is 0.443. The molecule has 0 aliphatic carbocycles. The molecular formula is C13H20N2O2. The number of oxime groups is 1. The Balaban J connectivity index is 3.08. The molecule has 0 unspecified atom stereocenters. The number of hydrogen-bond donors (Lipinski definition) is 1. The van der Waals surface area contributed by atoms with Gasteiger partial charge < -0.3 is 9.94 Å². The van der Waals surface area contributed by atoms with Crippen LogP contribution < -0.4 is 4.74 Å². The molecule has 0 amide bonds. The highest BCUT2D eigenvalue weighted by Gasteiger charge is 2.12. The molecule has 1 N–H and O–H groups in total. The molecule has 1 aromatic carbocycles. The van der Waals surface area contributed by atoms with Gasteiger partial charge in [0.15, 0.2) is 0 Å². The first-order valence-corrected chi connectivity index (χ1v) is 5.63. The summed E-state index contributed by atoms with van der Waals surface area (Å²) in [5, 5.41) is 11.8. The molecular weight excluding hydrogens is 216 g/mol. The zero-order valence-corrected chi connectivity index (χ0v) is 10.8. The van der Waals surface area contributed by atoms with E-state index < -0.39 is 0 Å². The summed E-state index contributed by atoms with van der Waals surface area (Å²) in [5.74, 6) is 0.815. The van der Waals surface area contributed by atoms with E-state index in [1.807, 2.05) is 18.2 Å². The molecule has 94 valence electrons. The Labute approximate surface area is 103 Å². The molecule has 0 aliphatic heterocycles. The number of methoxy groups -OCH3 is 1. The van der Waals surface area contributed by atoms with Gasteiger partial charge in [0.1, 0.15) is 5.75 Å². The second kappa shape index (κ2) is 6.25. The van der Waals surface area contributed by atoms with Crippen LogP contribution >= 0.6 is 0 Å². The maximum absolute atomic E-state index is 8.67. The van der Waals surface area contributed by atoms with Crippen LogP contribution in [0.5, 0.6) is 5.75 Å². The van der Waals surface area contributed by atoms with Gasteiger partial charge in [0.25, 0.3) is 0 Å². The lowest BCUT2D eigenvalue weighted by atomic mass is 10.1. The van der Waals surface area contributed by atoms with E-state index in [1.54, 1.807) is 7.11 Å². The maximum Gasteiger partial charge on any atom is 0.124 e. The van der Waals surface area contributed by atoms with Crippen LogP contribution in [-0.2, 0) is 6.54 Å². The van der Waals surface area contributed by atoms with Crippen molar-refractivity contribution in [2.45, 2.75) is 26.4 Å². The van der Waals surface area contributed by atoms with Crippen molar-refractivity contribution in [3.8, 4) is 5.75 Å². The van der Waals surface area contributed by atoms with E-state index >= 15 is 0 Å². The Morgan fingerprint density at radius 3 is 2.71 bits per heavy atom. The summed E-state index contributed by atoms with van der Waals surface area (Å²) in [6, 6.07) is 6.15. The van der Waals surface area contributed by atoms with Crippen LogP contribution in [0.3, 0.4) is 0 Å². The summed E-state index contributed by atoms with van der Waals surface area (Å²) in [6.45, 7) is 5.02. The second-order valence-electron chi connectivity index (χ2n) is 4.28. The third kappa shape index (κ3) is 3.46. The highest BCUT2D eigenvalue weighted by atomic mass is 16.5. The number of hydrogen-bond acceptors (Lipinski definition) is 4. The van der Waals surface area contributed by atoms with Crippen molar-refractivity contribution in [1.82, 2.24) is 4.90 Å². The summed E-state index contributed by atoms with van der Waals surface area (Å²) in [7, 11) is 3.70.